The Labute approximate surface area is 214 Å². The summed E-state index contributed by atoms with van der Waals surface area (Å²) < 4.78 is 40.0. The van der Waals surface area contributed by atoms with Crippen molar-refractivity contribution in [1.82, 2.24) is 19.8 Å². The summed E-state index contributed by atoms with van der Waals surface area (Å²) in [6.45, 7) is 1.79. The molecule has 198 valence electrons. The Balaban J connectivity index is 1.38. The number of carbonyl (C=O) groups is 2. The predicted octanol–water partition coefficient (Wildman–Crippen LogP) is 0.364. The number of amides is 2. The van der Waals surface area contributed by atoms with Gasteiger partial charge in [0.05, 0.1) is 9.92 Å². The highest BCUT2D eigenvalue weighted by Gasteiger charge is 2.34. The highest BCUT2D eigenvalue weighted by atomic mass is 35.5. The molecule has 2 atom stereocenters. The van der Waals surface area contributed by atoms with Crippen molar-refractivity contribution in [3.63, 3.8) is 0 Å². The van der Waals surface area contributed by atoms with Crippen molar-refractivity contribution >= 4 is 33.4 Å². The molecule has 1 fully saturated rings. The molecule has 1 aliphatic heterocycles. The van der Waals surface area contributed by atoms with Crippen LogP contribution in [-0.2, 0) is 19.6 Å². The number of sulfonamides is 1. The van der Waals surface area contributed by atoms with E-state index in [2.05, 4.69) is 27.1 Å². The average Bonchev–Trinajstić information content (AvgIpc) is 2.89. The van der Waals surface area contributed by atoms with Gasteiger partial charge in [0.2, 0.25) is 10.0 Å². The Morgan fingerprint density at radius 3 is 2.44 bits per heavy atom. The third-order valence-corrected chi connectivity index (χ3v) is 7.65. The van der Waals surface area contributed by atoms with Crippen molar-refractivity contribution < 1.29 is 32.6 Å². The first-order chi connectivity index (χ1) is 17.1. The number of carbonyl (C=O) groups excluding carboxylic acids is 2. The number of piperazine rings is 1. The average molecular weight is 545 g/mol. The number of benzene rings is 1. The normalized spacial score (nSPS) is 17.9. The maximum Gasteiger partial charge on any atom is 0.254 e. The number of rotatable bonds is 10. The van der Waals surface area contributed by atoms with E-state index in [0.717, 1.165) is 36.7 Å². The third kappa shape index (κ3) is 7.26. The molecule has 1 saturated heterocycles. The van der Waals surface area contributed by atoms with Crippen LogP contribution in [0.25, 0.3) is 0 Å². The van der Waals surface area contributed by atoms with Gasteiger partial charge in [-0.25, -0.2) is 17.5 Å². The van der Waals surface area contributed by atoms with Crippen molar-refractivity contribution in [2.45, 2.75) is 36.4 Å². The van der Waals surface area contributed by atoms with Crippen molar-refractivity contribution in [3.05, 3.63) is 53.0 Å². The van der Waals surface area contributed by atoms with Crippen LogP contribution in [0.3, 0.4) is 0 Å². The second-order valence-corrected chi connectivity index (χ2v) is 10.6. The molecule has 13 heteroatoms. The molecule has 1 aromatic carbocycles. The largest absolute Gasteiger partial charge is 0.380 e. The maximum atomic E-state index is 13.2. The van der Waals surface area contributed by atoms with E-state index in [1.54, 1.807) is 0 Å². The molecule has 2 amide bonds. The lowest BCUT2D eigenvalue weighted by Crippen LogP contribution is -2.55. The second-order valence-electron chi connectivity index (χ2n) is 8.43. The van der Waals surface area contributed by atoms with Gasteiger partial charge in [-0.1, -0.05) is 23.8 Å². The van der Waals surface area contributed by atoms with Gasteiger partial charge < -0.3 is 25.3 Å². The fraction of sp³-hybridized carbons (Fsp3) is 0.478. The first-order valence-electron chi connectivity index (χ1n) is 11.6. The molecule has 1 aromatic rings. The Kier molecular flexibility index (Phi) is 9.85. The summed E-state index contributed by atoms with van der Waals surface area (Å²) in [5.74, 6) is -2.41. The maximum absolute atomic E-state index is 13.2. The quantitative estimate of drug-likeness (QED) is 0.312. The molecule has 0 saturated carbocycles. The van der Waals surface area contributed by atoms with Gasteiger partial charge >= 0.3 is 0 Å². The van der Waals surface area contributed by atoms with E-state index >= 15 is 0 Å². The number of hydrogen-bond acceptors (Lipinski definition) is 7. The Morgan fingerprint density at radius 1 is 1.08 bits per heavy atom. The first-order valence-corrected chi connectivity index (χ1v) is 13.5. The smallest absolute Gasteiger partial charge is 0.254 e. The fourth-order valence-electron chi connectivity index (χ4n) is 3.82. The van der Waals surface area contributed by atoms with Crippen LogP contribution in [-0.4, -0.2) is 91.7 Å². The van der Waals surface area contributed by atoms with Crippen LogP contribution < -0.4 is 10.0 Å². The number of halogens is 2. The number of aliphatic hydroxyl groups excluding tert-OH is 2. The van der Waals surface area contributed by atoms with Crippen LogP contribution in [0, 0.1) is 5.82 Å². The van der Waals surface area contributed by atoms with Crippen molar-refractivity contribution in [1.29, 1.82) is 0 Å². The van der Waals surface area contributed by atoms with E-state index in [0.29, 0.717) is 26.2 Å². The molecule has 36 heavy (non-hydrogen) atoms. The SMILES string of the molecule is O=C(NCCCNS(=O)(=O)c1ccc(F)c(Cl)c1)[C@H](O)[C@@H](O)C(=O)N1CCN(C2=CCCC=C2)CC1. The van der Waals surface area contributed by atoms with Crippen LogP contribution in [0.4, 0.5) is 4.39 Å². The Bertz CT molecular complexity index is 1120. The van der Waals surface area contributed by atoms with Gasteiger partial charge in [-0.05, 0) is 43.5 Å². The Morgan fingerprint density at radius 2 is 1.81 bits per heavy atom. The van der Waals surface area contributed by atoms with E-state index in [-0.39, 0.29) is 29.4 Å². The first kappa shape index (κ1) is 28.1. The van der Waals surface area contributed by atoms with Gasteiger partial charge in [-0.3, -0.25) is 9.59 Å². The topological polar surface area (TPSA) is 139 Å². The molecule has 0 bridgehead atoms. The summed E-state index contributed by atoms with van der Waals surface area (Å²) in [5, 5.41) is 22.4. The number of hydrogen-bond donors (Lipinski definition) is 4. The van der Waals surface area contributed by atoms with E-state index in [9.17, 15) is 32.6 Å². The standard InChI is InChI=1S/C23H30ClFN4O6S/c24-18-15-17(7-8-19(18)25)36(34,35)27-10-4-9-26-22(32)20(30)21(31)23(33)29-13-11-28(12-14-29)16-5-2-1-3-6-16/h2,5-8,15,20-21,27,30-31H,1,3-4,9-14H2,(H,26,32)/t20-,21-/m1/s1. The van der Waals surface area contributed by atoms with Crippen LogP contribution in [0.2, 0.25) is 5.02 Å². The molecule has 0 unspecified atom stereocenters. The lowest BCUT2D eigenvalue weighted by atomic mass is 10.1. The fourth-order valence-corrected chi connectivity index (χ4v) is 5.17. The number of nitrogens with zero attached hydrogens (tertiary/aromatic N) is 2. The second kappa shape index (κ2) is 12.6. The van der Waals surface area contributed by atoms with Gasteiger partial charge in [0, 0.05) is 45.0 Å². The molecule has 1 heterocycles. The van der Waals surface area contributed by atoms with Crippen molar-refractivity contribution in [2.75, 3.05) is 39.3 Å². The molecule has 0 aromatic heterocycles. The zero-order valence-corrected chi connectivity index (χ0v) is 21.1. The van der Waals surface area contributed by atoms with Crippen molar-refractivity contribution in [3.8, 4) is 0 Å². The van der Waals surface area contributed by atoms with Gasteiger partial charge in [-0.2, -0.15) is 0 Å². The molecule has 3 rings (SSSR count). The number of aliphatic hydroxyl groups is 2. The van der Waals surface area contributed by atoms with Crippen LogP contribution >= 0.6 is 11.6 Å². The van der Waals surface area contributed by atoms with Gasteiger partial charge in [0.25, 0.3) is 11.8 Å². The number of allylic oxidation sites excluding steroid dienone is 3. The minimum atomic E-state index is -3.93. The lowest BCUT2D eigenvalue weighted by molar-refractivity contribution is -0.154. The zero-order chi connectivity index (χ0) is 26.3. The summed E-state index contributed by atoms with van der Waals surface area (Å²) in [6.07, 6.45) is 4.56. The van der Waals surface area contributed by atoms with Gasteiger partial charge in [-0.15, -0.1) is 0 Å². The molecule has 0 radical (unpaired) electrons. The summed E-state index contributed by atoms with van der Waals surface area (Å²) in [5.41, 5.74) is 1.11. The molecule has 4 N–H and O–H groups in total. The summed E-state index contributed by atoms with van der Waals surface area (Å²) in [4.78, 5) is 28.1. The van der Waals surface area contributed by atoms with E-state index in [1.807, 2.05) is 6.08 Å². The van der Waals surface area contributed by atoms with Gasteiger partial charge in [0.1, 0.15) is 5.82 Å². The highest BCUT2D eigenvalue weighted by Crippen LogP contribution is 2.19. The number of nitrogens with one attached hydrogen (secondary N) is 2. The van der Waals surface area contributed by atoms with E-state index < -0.39 is 39.9 Å². The highest BCUT2D eigenvalue weighted by molar-refractivity contribution is 7.89. The predicted molar refractivity (Wildman–Crippen MR) is 131 cm³/mol. The van der Waals surface area contributed by atoms with Crippen LogP contribution in [0.15, 0.2) is 47.0 Å². The molecule has 0 spiro atoms. The molecule has 1 aliphatic carbocycles. The van der Waals surface area contributed by atoms with Crippen LogP contribution in [0.1, 0.15) is 19.3 Å². The monoisotopic (exact) mass is 544 g/mol. The lowest BCUT2D eigenvalue weighted by Gasteiger charge is -2.38. The molecular formula is C23H30ClFN4O6S. The molecule has 2 aliphatic rings. The minimum absolute atomic E-state index is 0.0230. The Hall–Kier alpha value is -2.51. The van der Waals surface area contributed by atoms with Crippen molar-refractivity contribution in [2.24, 2.45) is 0 Å². The van der Waals surface area contributed by atoms with E-state index in [1.165, 1.54) is 4.90 Å². The van der Waals surface area contributed by atoms with Crippen LogP contribution in [0.5, 0.6) is 0 Å². The molecular weight excluding hydrogens is 515 g/mol. The summed E-state index contributed by atoms with van der Waals surface area (Å²) >= 11 is 5.61. The van der Waals surface area contributed by atoms with Gasteiger partial charge in [0.15, 0.2) is 12.2 Å². The van der Waals surface area contributed by atoms with E-state index in [4.69, 9.17) is 11.6 Å². The minimum Gasteiger partial charge on any atom is -0.380 e. The summed E-state index contributed by atoms with van der Waals surface area (Å²) in [6, 6.07) is 3.00. The molecule has 10 nitrogen and oxygen atoms in total. The third-order valence-electron chi connectivity index (χ3n) is 5.90. The zero-order valence-electron chi connectivity index (χ0n) is 19.6. The summed E-state index contributed by atoms with van der Waals surface area (Å²) in [7, 11) is -3.93.